The molecule has 2 N–H and O–H groups in total. The van der Waals surface area contributed by atoms with Gasteiger partial charge in [0, 0.05) is 23.7 Å². The predicted molar refractivity (Wildman–Crippen MR) is 116 cm³/mol. The van der Waals surface area contributed by atoms with Gasteiger partial charge in [-0.15, -0.1) is 0 Å². The van der Waals surface area contributed by atoms with E-state index >= 15 is 0 Å². The summed E-state index contributed by atoms with van der Waals surface area (Å²) in [6.45, 7) is -0.330. The Hall–Kier alpha value is -3.80. The van der Waals surface area contributed by atoms with Crippen LogP contribution in [0.5, 0.6) is 11.5 Å². The first-order valence-electron chi connectivity index (χ1n) is 10.1. The molecule has 0 bridgehead atoms. The maximum absolute atomic E-state index is 13.0. The highest BCUT2D eigenvalue weighted by atomic mass is 19.4. The molecule has 0 spiro atoms. The van der Waals surface area contributed by atoms with Crippen molar-refractivity contribution >= 4 is 10.9 Å². The Morgan fingerprint density at radius 3 is 2.36 bits per heavy atom. The zero-order valence-corrected chi connectivity index (χ0v) is 17.3. The van der Waals surface area contributed by atoms with Crippen molar-refractivity contribution in [2.24, 2.45) is 0 Å². The Labute approximate surface area is 187 Å². The SMILES string of the molecule is N#Cc1cc(Oc2ccc(-n3cc(C[C@H](O)CO)c4ccccc43)cc2)ccc1C(F)(F)F. The lowest BCUT2D eigenvalue weighted by Crippen LogP contribution is -2.14. The number of fused-ring (bicyclic) bond motifs is 1. The van der Waals surface area contributed by atoms with Crippen molar-refractivity contribution in [1.29, 1.82) is 5.26 Å². The number of nitriles is 1. The molecule has 4 aromatic rings. The minimum atomic E-state index is -4.61. The third-order valence-electron chi connectivity index (χ3n) is 5.23. The van der Waals surface area contributed by atoms with Crippen molar-refractivity contribution in [1.82, 2.24) is 4.57 Å². The Morgan fingerprint density at radius 1 is 1.00 bits per heavy atom. The molecule has 5 nitrogen and oxygen atoms in total. The van der Waals surface area contributed by atoms with Gasteiger partial charge in [-0.2, -0.15) is 18.4 Å². The van der Waals surface area contributed by atoms with Crippen molar-refractivity contribution in [2.45, 2.75) is 18.7 Å². The van der Waals surface area contributed by atoms with Crippen LogP contribution in [0.2, 0.25) is 0 Å². The number of aromatic nitrogens is 1. The Balaban J connectivity index is 1.61. The van der Waals surface area contributed by atoms with Crippen LogP contribution in [-0.4, -0.2) is 27.5 Å². The van der Waals surface area contributed by atoms with Gasteiger partial charge in [-0.05, 0) is 54.1 Å². The van der Waals surface area contributed by atoms with E-state index < -0.39 is 23.4 Å². The van der Waals surface area contributed by atoms with Crippen LogP contribution in [0.25, 0.3) is 16.6 Å². The second-order valence-corrected chi connectivity index (χ2v) is 7.49. The van der Waals surface area contributed by atoms with Gasteiger partial charge in [-0.3, -0.25) is 0 Å². The van der Waals surface area contributed by atoms with E-state index in [4.69, 9.17) is 10.00 Å². The number of rotatable bonds is 6. The number of alkyl halides is 3. The molecular weight excluding hydrogens is 433 g/mol. The molecule has 0 unspecified atom stereocenters. The molecule has 0 aliphatic carbocycles. The van der Waals surface area contributed by atoms with Gasteiger partial charge in [0.2, 0.25) is 0 Å². The molecular formula is C25H19F3N2O3. The molecule has 3 aromatic carbocycles. The summed E-state index contributed by atoms with van der Waals surface area (Å²) in [5.74, 6) is 0.522. The van der Waals surface area contributed by atoms with Gasteiger partial charge < -0.3 is 19.5 Å². The van der Waals surface area contributed by atoms with Crippen LogP contribution in [0.15, 0.2) is 72.9 Å². The molecule has 168 valence electrons. The van der Waals surface area contributed by atoms with Gasteiger partial charge in [-0.25, -0.2) is 0 Å². The zero-order valence-electron chi connectivity index (χ0n) is 17.3. The van der Waals surface area contributed by atoms with Gasteiger partial charge >= 0.3 is 6.18 Å². The Kier molecular flexibility index (Phi) is 6.09. The van der Waals surface area contributed by atoms with E-state index in [1.54, 1.807) is 30.3 Å². The summed E-state index contributed by atoms with van der Waals surface area (Å²) in [6, 6.07) is 19.3. The minimum absolute atomic E-state index is 0.124. The van der Waals surface area contributed by atoms with Gasteiger partial charge in [0.1, 0.15) is 11.5 Å². The lowest BCUT2D eigenvalue weighted by atomic mass is 10.1. The van der Waals surface area contributed by atoms with E-state index in [2.05, 4.69) is 0 Å². The monoisotopic (exact) mass is 452 g/mol. The van der Waals surface area contributed by atoms with Crippen molar-refractivity contribution < 1.29 is 28.1 Å². The molecule has 0 aliphatic rings. The molecule has 0 aliphatic heterocycles. The number of benzene rings is 3. The standard InChI is InChI=1S/C25H19F3N2O3/c26-25(27,28)23-10-9-21(12-16(23)13-29)33-20-7-5-18(6-8-20)30-14-17(11-19(32)15-31)22-3-1-2-4-24(22)30/h1-10,12,14,19,31-32H,11,15H2/t19-/m0/s1. The molecule has 0 radical (unpaired) electrons. The van der Waals surface area contributed by atoms with Crippen molar-refractivity contribution in [3.63, 3.8) is 0 Å². The molecule has 0 amide bonds. The van der Waals surface area contributed by atoms with E-state index in [1.165, 1.54) is 6.07 Å². The molecule has 33 heavy (non-hydrogen) atoms. The van der Waals surface area contributed by atoms with E-state index in [0.717, 1.165) is 34.3 Å². The molecule has 0 saturated heterocycles. The van der Waals surface area contributed by atoms with Crippen molar-refractivity contribution in [3.8, 4) is 23.3 Å². The van der Waals surface area contributed by atoms with Crippen LogP contribution in [0.1, 0.15) is 16.7 Å². The average molecular weight is 452 g/mol. The molecule has 1 heterocycles. The fraction of sp³-hybridized carbons (Fsp3) is 0.160. The Morgan fingerprint density at radius 2 is 1.70 bits per heavy atom. The van der Waals surface area contributed by atoms with Crippen LogP contribution in [0.3, 0.4) is 0 Å². The van der Waals surface area contributed by atoms with Gasteiger partial charge in [0.25, 0.3) is 0 Å². The highest BCUT2D eigenvalue weighted by molar-refractivity contribution is 5.85. The number of hydrogen-bond donors (Lipinski definition) is 2. The molecule has 0 fully saturated rings. The van der Waals surface area contributed by atoms with Crippen molar-refractivity contribution in [2.75, 3.05) is 6.61 Å². The third kappa shape index (κ3) is 4.70. The van der Waals surface area contributed by atoms with Crippen LogP contribution >= 0.6 is 0 Å². The molecule has 4 rings (SSSR count). The number of hydrogen-bond acceptors (Lipinski definition) is 4. The van der Waals surface area contributed by atoms with Gasteiger partial charge in [0.05, 0.1) is 35.4 Å². The second kappa shape index (κ2) is 8.98. The highest BCUT2D eigenvalue weighted by Crippen LogP contribution is 2.35. The molecule has 1 aromatic heterocycles. The summed E-state index contributed by atoms with van der Waals surface area (Å²) in [4.78, 5) is 0. The van der Waals surface area contributed by atoms with E-state index in [0.29, 0.717) is 12.2 Å². The van der Waals surface area contributed by atoms with Crippen molar-refractivity contribution in [3.05, 3.63) is 89.6 Å². The molecule has 1 atom stereocenters. The number of aliphatic hydroxyl groups is 2. The maximum Gasteiger partial charge on any atom is 0.417 e. The number of ether oxygens (including phenoxy) is 1. The Bertz CT molecular complexity index is 1320. The molecule has 0 saturated carbocycles. The smallest absolute Gasteiger partial charge is 0.417 e. The third-order valence-corrected chi connectivity index (χ3v) is 5.23. The summed E-state index contributed by atoms with van der Waals surface area (Å²) in [6.07, 6.45) is -3.27. The zero-order chi connectivity index (χ0) is 23.6. The quantitative estimate of drug-likeness (QED) is 0.421. The van der Waals surface area contributed by atoms with Crippen LogP contribution in [0.4, 0.5) is 13.2 Å². The topological polar surface area (TPSA) is 78.4 Å². The first-order valence-corrected chi connectivity index (χ1v) is 10.1. The minimum Gasteiger partial charge on any atom is -0.457 e. The summed E-state index contributed by atoms with van der Waals surface area (Å²) < 4.78 is 46.5. The normalized spacial score (nSPS) is 12.5. The lowest BCUT2D eigenvalue weighted by Gasteiger charge is -2.12. The van der Waals surface area contributed by atoms with Crippen LogP contribution < -0.4 is 4.74 Å². The fourth-order valence-electron chi connectivity index (χ4n) is 3.68. The average Bonchev–Trinajstić information content (AvgIpc) is 3.17. The number of halogens is 3. The van der Waals surface area contributed by atoms with Crippen LogP contribution in [0, 0.1) is 11.3 Å². The summed E-state index contributed by atoms with van der Waals surface area (Å²) >= 11 is 0. The first kappa shape index (κ1) is 22.4. The van der Waals surface area contributed by atoms with Crippen LogP contribution in [-0.2, 0) is 12.6 Å². The number of para-hydroxylation sites is 1. The lowest BCUT2D eigenvalue weighted by molar-refractivity contribution is -0.137. The summed E-state index contributed by atoms with van der Waals surface area (Å²) in [7, 11) is 0. The summed E-state index contributed by atoms with van der Waals surface area (Å²) in [5, 5.41) is 29.1. The van der Waals surface area contributed by atoms with Gasteiger partial charge in [0.15, 0.2) is 0 Å². The second-order valence-electron chi connectivity index (χ2n) is 7.49. The summed E-state index contributed by atoms with van der Waals surface area (Å²) in [5.41, 5.74) is 1.12. The predicted octanol–water partition coefficient (Wildman–Crippen LogP) is 5.21. The molecule has 8 heteroatoms. The first-order chi connectivity index (χ1) is 15.8. The highest BCUT2D eigenvalue weighted by Gasteiger charge is 2.33. The number of aliphatic hydroxyl groups excluding tert-OH is 2. The van der Waals surface area contributed by atoms with Gasteiger partial charge in [-0.1, -0.05) is 18.2 Å². The fourth-order valence-corrected chi connectivity index (χ4v) is 3.68. The maximum atomic E-state index is 13.0. The number of nitrogens with zero attached hydrogens (tertiary/aromatic N) is 2. The van der Waals surface area contributed by atoms with E-state index in [1.807, 2.05) is 35.0 Å². The largest absolute Gasteiger partial charge is 0.457 e. The van der Waals surface area contributed by atoms with E-state index in [-0.39, 0.29) is 12.4 Å². The van der Waals surface area contributed by atoms with E-state index in [9.17, 15) is 23.4 Å².